The number of hydrogen-bond donors (Lipinski definition) is 0. The summed E-state index contributed by atoms with van der Waals surface area (Å²) in [5.74, 6) is 2.90. The first-order valence-electron chi connectivity index (χ1n) is 6.21. The highest BCUT2D eigenvalue weighted by Gasteiger charge is 2.61. The van der Waals surface area contributed by atoms with Gasteiger partial charge in [0.05, 0.1) is 0 Å². The molecule has 0 heterocycles. The molecule has 15 heavy (non-hydrogen) atoms. The van der Waals surface area contributed by atoms with Crippen molar-refractivity contribution in [2.24, 2.45) is 29.1 Å². The van der Waals surface area contributed by atoms with Gasteiger partial charge in [0.2, 0.25) is 0 Å². The molecule has 1 heteroatoms. The van der Waals surface area contributed by atoms with Gasteiger partial charge in [0, 0.05) is 5.92 Å². The van der Waals surface area contributed by atoms with Gasteiger partial charge in [-0.05, 0) is 54.9 Å². The van der Waals surface area contributed by atoms with Gasteiger partial charge in [0.25, 0.3) is 0 Å². The molecule has 0 bridgehead atoms. The molecule has 0 amide bonds. The Morgan fingerprint density at radius 2 is 2.27 bits per heavy atom. The van der Waals surface area contributed by atoms with E-state index in [-0.39, 0.29) is 0 Å². The first-order valence-corrected chi connectivity index (χ1v) is 6.21. The SMILES string of the molecule is O=C1C=CC2CC34C=CCC3CCC4C12. The highest BCUT2D eigenvalue weighted by atomic mass is 16.1. The molecule has 0 aliphatic heterocycles. The van der Waals surface area contributed by atoms with E-state index in [9.17, 15) is 4.79 Å². The van der Waals surface area contributed by atoms with Crippen LogP contribution in [0.3, 0.4) is 0 Å². The van der Waals surface area contributed by atoms with E-state index in [1.54, 1.807) is 0 Å². The van der Waals surface area contributed by atoms with Crippen molar-refractivity contribution in [3.63, 3.8) is 0 Å². The van der Waals surface area contributed by atoms with Gasteiger partial charge in [-0.25, -0.2) is 0 Å². The number of allylic oxidation sites excluding steroid dienone is 4. The lowest BCUT2D eigenvalue weighted by molar-refractivity contribution is -0.119. The average molecular weight is 200 g/mol. The lowest BCUT2D eigenvalue weighted by Gasteiger charge is -2.29. The lowest BCUT2D eigenvalue weighted by Crippen LogP contribution is -2.26. The summed E-state index contributed by atoms with van der Waals surface area (Å²) in [6.07, 6.45) is 14.0. The Kier molecular flexibility index (Phi) is 1.36. The van der Waals surface area contributed by atoms with Crippen molar-refractivity contribution in [1.82, 2.24) is 0 Å². The second-order valence-electron chi connectivity index (χ2n) is 5.79. The van der Waals surface area contributed by atoms with Crippen molar-refractivity contribution in [3.05, 3.63) is 24.3 Å². The van der Waals surface area contributed by atoms with Crippen LogP contribution in [0.15, 0.2) is 24.3 Å². The second kappa shape index (κ2) is 2.45. The topological polar surface area (TPSA) is 17.1 Å². The highest BCUT2D eigenvalue weighted by molar-refractivity contribution is 5.95. The van der Waals surface area contributed by atoms with Crippen LogP contribution in [0.5, 0.6) is 0 Å². The van der Waals surface area contributed by atoms with Gasteiger partial charge < -0.3 is 0 Å². The normalized spacial score (nSPS) is 54.8. The molecular formula is C14H16O. The van der Waals surface area contributed by atoms with Crippen molar-refractivity contribution in [2.45, 2.75) is 25.7 Å². The van der Waals surface area contributed by atoms with Gasteiger partial charge in [-0.1, -0.05) is 18.2 Å². The maximum Gasteiger partial charge on any atom is 0.159 e. The molecule has 5 atom stereocenters. The molecule has 0 radical (unpaired) electrons. The van der Waals surface area contributed by atoms with Crippen LogP contribution in [-0.2, 0) is 4.79 Å². The quantitative estimate of drug-likeness (QED) is 0.549. The number of hydrogen-bond acceptors (Lipinski definition) is 1. The van der Waals surface area contributed by atoms with Crippen LogP contribution in [0.1, 0.15) is 25.7 Å². The molecule has 5 unspecified atom stereocenters. The van der Waals surface area contributed by atoms with E-state index in [2.05, 4.69) is 18.2 Å². The number of fused-ring (bicyclic) bond motifs is 2. The van der Waals surface area contributed by atoms with Gasteiger partial charge in [0.15, 0.2) is 5.78 Å². The Morgan fingerprint density at radius 1 is 1.33 bits per heavy atom. The monoisotopic (exact) mass is 200 g/mol. The lowest BCUT2D eigenvalue weighted by atomic mass is 9.74. The van der Waals surface area contributed by atoms with Crippen LogP contribution >= 0.6 is 0 Å². The first-order chi connectivity index (χ1) is 7.31. The minimum absolute atomic E-state index is 0.359. The summed E-state index contributed by atoms with van der Waals surface area (Å²) in [5, 5.41) is 0. The Hall–Kier alpha value is -0.850. The predicted octanol–water partition coefficient (Wildman–Crippen LogP) is 2.73. The molecule has 4 rings (SSSR count). The summed E-state index contributed by atoms with van der Waals surface area (Å²) in [5.41, 5.74) is 0.440. The summed E-state index contributed by atoms with van der Waals surface area (Å²) in [7, 11) is 0. The third-order valence-corrected chi connectivity index (χ3v) is 5.45. The minimum Gasteiger partial charge on any atom is -0.295 e. The molecular weight excluding hydrogens is 184 g/mol. The van der Waals surface area contributed by atoms with E-state index >= 15 is 0 Å². The Labute approximate surface area is 90.2 Å². The third-order valence-electron chi connectivity index (χ3n) is 5.45. The summed E-state index contributed by atoms with van der Waals surface area (Å²) < 4.78 is 0. The fourth-order valence-corrected chi connectivity index (χ4v) is 4.93. The van der Waals surface area contributed by atoms with E-state index in [1.165, 1.54) is 25.7 Å². The maximum atomic E-state index is 11.9. The smallest absolute Gasteiger partial charge is 0.159 e. The Bertz CT molecular complexity index is 392. The molecule has 0 aromatic heterocycles. The molecule has 0 saturated heterocycles. The molecule has 0 N–H and O–H groups in total. The van der Waals surface area contributed by atoms with Crippen LogP contribution in [0.2, 0.25) is 0 Å². The van der Waals surface area contributed by atoms with Crippen molar-refractivity contribution >= 4 is 5.78 Å². The second-order valence-corrected chi connectivity index (χ2v) is 5.79. The standard InChI is InChI=1S/C14H16O/c15-12-6-3-9-8-14-7-1-2-10(14)4-5-11(14)13(9)12/h1,3,6-7,9-11,13H,2,4-5,8H2. The third kappa shape index (κ3) is 0.802. The van der Waals surface area contributed by atoms with E-state index in [1.807, 2.05) is 6.08 Å². The van der Waals surface area contributed by atoms with Crippen LogP contribution in [0.25, 0.3) is 0 Å². The number of carbonyl (C=O) groups excluding carboxylic acids is 1. The fourth-order valence-electron chi connectivity index (χ4n) is 4.93. The molecule has 78 valence electrons. The van der Waals surface area contributed by atoms with Gasteiger partial charge in [-0.15, -0.1) is 0 Å². The summed E-state index contributed by atoms with van der Waals surface area (Å²) in [6.45, 7) is 0. The number of rotatable bonds is 0. The van der Waals surface area contributed by atoms with Crippen molar-refractivity contribution in [1.29, 1.82) is 0 Å². The van der Waals surface area contributed by atoms with Gasteiger partial charge in [-0.3, -0.25) is 4.79 Å². The van der Waals surface area contributed by atoms with Crippen molar-refractivity contribution in [2.75, 3.05) is 0 Å². The van der Waals surface area contributed by atoms with Crippen LogP contribution in [-0.4, -0.2) is 5.78 Å². The van der Waals surface area contributed by atoms with Gasteiger partial charge in [0.1, 0.15) is 0 Å². The fraction of sp³-hybridized carbons (Fsp3) is 0.643. The molecule has 4 aliphatic rings. The van der Waals surface area contributed by atoms with Crippen LogP contribution in [0.4, 0.5) is 0 Å². The maximum absolute atomic E-state index is 11.9. The molecule has 1 spiro atoms. The van der Waals surface area contributed by atoms with E-state index in [4.69, 9.17) is 0 Å². The molecule has 2 fully saturated rings. The zero-order chi connectivity index (χ0) is 10.0. The van der Waals surface area contributed by atoms with E-state index in [0.717, 1.165) is 5.92 Å². The number of ketones is 1. The molecule has 1 nitrogen and oxygen atoms in total. The minimum atomic E-state index is 0.359. The zero-order valence-corrected chi connectivity index (χ0v) is 8.86. The first kappa shape index (κ1) is 8.32. The molecule has 2 saturated carbocycles. The van der Waals surface area contributed by atoms with E-state index < -0.39 is 0 Å². The molecule has 0 aromatic rings. The molecule has 4 aliphatic carbocycles. The Balaban J connectivity index is 1.82. The Morgan fingerprint density at radius 3 is 3.20 bits per heavy atom. The predicted molar refractivity (Wildman–Crippen MR) is 58.1 cm³/mol. The van der Waals surface area contributed by atoms with Crippen molar-refractivity contribution < 1.29 is 4.79 Å². The van der Waals surface area contributed by atoms with Crippen LogP contribution < -0.4 is 0 Å². The zero-order valence-electron chi connectivity index (χ0n) is 8.86. The average Bonchev–Trinajstić information content (AvgIpc) is 2.86. The van der Waals surface area contributed by atoms with Gasteiger partial charge in [-0.2, -0.15) is 0 Å². The van der Waals surface area contributed by atoms with Gasteiger partial charge >= 0.3 is 0 Å². The van der Waals surface area contributed by atoms with Crippen LogP contribution in [0, 0.1) is 29.1 Å². The summed E-state index contributed by atoms with van der Waals surface area (Å²) >= 11 is 0. The summed E-state index contributed by atoms with van der Waals surface area (Å²) in [6, 6.07) is 0. The van der Waals surface area contributed by atoms with E-state index in [0.29, 0.717) is 29.0 Å². The highest BCUT2D eigenvalue weighted by Crippen LogP contribution is 2.66. The molecule has 0 aromatic carbocycles. The summed E-state index contributed by atoms with van der Waals surface area (Å²) in [4.78, 5) is 11.9. The number of carbonyl (C=O) groups is 1. The van der Waals surface area contributed by atoms with Crippen molar-refractivity contribution in [3.8, 4) is 0 Å². The largest absolute Gasteiger partial charge is 0.295 e.